The molecule has 0 saturated carbocycles. The molecule has 3 rings (SSSR count). The van der Waals surface area contributed by atoms with E-state index in [-0.39, 0.29) is 0 Å². The second-order valence-corrected chi connectivity index (χ2v) is 6.53. The highest BCUT2D eigenvalue weighted by atomic mass is 32.1. The van der Waals surface area contributed by atoms with E-state index in [9.17, 15) is 0 Å². The van der Waals surface area contributed by atoms with Crippen LogP contribution in [-0.4, -0.2) is 10.1 Å². The van der Waals surface area contributed by atoms with Gasteiger partial charge in [0.1, 0.15) is 0 Å². The average molecular weight is 299 g/mol. The van der Waals surface area contributed by atoms with Crippen molar-refractivity contribution in [3.63, 3.8) is 0 Å². The number of nitrogen functional groups attached to an aromatic ring is 1. The van der Waals surface area contributed by atoms with Crippen LogP contribution in [0, 0.1) is 20.8 Å². The molecule has 0 atom stereocenters. The minimum atomic E-state index is 0.496. The molecule has 2 aromatic heterocycles. The molecule has 0 saturated heterocycles. The highest BCUT2D eigenvalue weighted by Gasteiger charge is 2.14. The Labute approximate surface area is 127 Å². The van der Waals surface area contributed by atoms with E-state index in [4.69, 9.17) is 10.3 Å². The van der Waals surface area contributed by atoms with Gasteiger partial charge in [0.05, 0.1) is 10.6 Å². The Bertz CT molecular complexity index is 789. The Morgan fingerprint density at radius 3 is 2.62 bits per heavy atom. The summed E-state index contributed by atoms with van der Waals surface area (Å²) in [4.78, 5) is 5.59. The second kappa shape index (κ2) is 5.33. The number of benzene rings is 1. The van der Waals surface area contributed by atoms with E-state index in [1.165, 1.54) is 28.0 Å². The fourth-order valence-corrected chi connectivity index (χ4v) is 3.01. The summed E-state index contributed by atoms with van der Waals surface area (Å²) in [6, 6.07) is 8.36. The summed E-state index contributed by atoms with van der Waals surface area (Å²) >= 11 is 1.53. The highest BCUT2D eigenvalue weighted by Crippen LogP contribution is 2.32. The molecule has 0 aliphatic heterocycles. The Kier molecular flexibility index (Phi) is 3.51. The van der Waals surface area contributed by atoms with Crippen molar-refractivity contribution < 1.29 is 4.52 Å². The number of aryl methyl sites for hydroxylation is 3. The van der Waals surface area contributed by atoms with Gasteiger partial charge < -0.3 is 10.3 Å². The summed E-state index contributed by atoms with van der Waals surface area (Å²) in [5.74, 6) is 1.17. The molecule has 0 unspecified atom stereocenters. The van der Waals surface area contributed by atoms with Gasteiger partial charge in [-0.1, -0.05) is 23.4 Å². The summed E-state index contributed by atoms with van der Waals surface area (Å²) in [5, 5.41) is 4.77. The van der Waals surface area contributed by atoms with Gasteiger partial charge in [-0.05, 0) is 43.5 Å². The van der Waals surface area contributed by atoms with Crippen LogP contribution in [0.3, 0.4) is 0 Å². The lowest BCUT2D eigenvalue weighted by Crippen LogP contribution is -1.93. The fraction of sp³-hybridized carbons (Fsp3) is 0.250. The molecular weight excluding hydrogens is 282 g/mol. The zero-order valence-electron chi connectivity index (χ0n) is 12.3. The maximum atomic E-state index is 5.96. The third-order valence-electron chi connectivity index (χ3n) is 3.52. The van der Waals surface area contributed by atoms with E-state index in [0.29, 0.717) is 23.1 Å². The number of hydrogen-bond donors (Lipinski definition) is 1. The van der Waals surface area contributed by atoms with E-state index in [2.05, 4.69) is 42.2 Å². The van der Waals surface area contributed by atoms with E-state index >= 15 is 0 Å². The van der Waals surface area contributed by atoms with Gasteiger partial charge in [-0.2, -0.15) is 4.98 Å². The van der Waals surface area contributed by atoms with Crippen LogP contribution >= 0.6 is 11.3 Å². The quantitative estimate of drug-likeness (QED) is 0.796. The highest BCUT2D eigenvalue weighted by molar-refractivity contribution is 7.16. The van der Waals surface area contributed by atoms with Gasteiger partial charge in [-0.3, -0.25) is 0 Å². The van der Waals surface area contributed by atoms with E-state index in [1.807, 2.05) is 13.0 Å². The molecule has 21 heavy (non-hydrogen) atoms. The lowest BCUT2D eigenvalue weighted by atomic mass is 10.0. The van der Waals surface area contributed by atoms with Gasteiger partial charge >= 0.3 is 0 Å². The Morgan fingerprint density at radius 1 is 1.14 bits per heavy atom. The third-order valence-corrected chi connectivity index (χ3v) is 4.40. The van der Waals surface area contributed by atoms with Gasteiger partial charge in [0, 0.05) is 11.3 Å². The van der Waals surface area contributed by atoms with E-state index < -0.39 is 0 Å². The normalized spacial score (nSPS) is 11.0. The molecule has 0 radical (unpaired) electrons. The maximum absolute atomic E-state index is 5.96. The van der Waals surface area contributed by atoms with Crippen molar-refractivity contribution in [1.82, 2.24) is 10.1 Å². The van der Waals surface area contributed by atoms with Crippen molar-refractivity contribution in [2.75, 3.05) is 5.73 Å². The van der Waals surface area contributed by atoms with Gasteiger partial charge in [-0.25, -0.2) is 0 Å². The Hall–Kier alpha value is -2.14. The second-order valence-electron chi connectivity index (χ2n) is 5.25. The minimum absolute atomic E-state index is 0.496. The fourth-order valence-electron chi connectivity index (χ4n) is 2.23. The van der Waals surface area contributed by atoms with Crippen LogP contribution < -0.4 is 5.73 Å². The van der Waals surface area contributed by atoms with Crippen LogP contribution in [0.5, 0.6) is 0 Å². The minimum Gasteiger partial charge on any atom is -0.390 e. The molecule has 0 aliphatic rings. The topological polar surface area (TPSA) is 64.9 Å². The van der Waals surface area contributed by atoms with Gasteiger partial charge in [0.2, 0.25) is 0 Å². The SMILES string of the molecule is Cc1cc(-c2nc(Cc3ccc(C)c(C)c3)no2)c(N)s1. The summed E-state index contributed by atoms with van der Waals surface area (Å²) in [6.07, 6.45) is 0.660. The monoisotopic (exact) mass is 299 g/mol. The standard InChI is InChI=1S/C16H17N3OS/c1-9-4-5-12(6-10(9)2)8-14-18-16(20-19-14)13-7-11(3)21-15(13)17/h4-7H,8,17H2,1-3H3. The average Bonchev–Trinajstić information content (AvgIpc) is 3.00. The molecule has 0 spiro atoms. The molecule has 0 amide bonds. The molecule has 2 N–H and O–H groups in total. The molecule has 1 aromatic carbocycles. The van der Waals surface area contributed by atoms with Crippen LogP contribution in [0.2, 0.25) is 0 Å². The van der Waals surface area contributed by atoms with Crippen LogP contribution in [0.1, 0.15) is 27.4 Å². The first-order chi connectivity index (χ1) is 10.0. The Morgan fingerprint density at radius 2 is 1.95 bits per heavy atom. The number of aromatic nitrogens is 2. The summed E-state index contributed by atoms with van der Waals surface area (Å²) in [6.45, 7) is 6.22. The number of nitrogens with zero attached hydrogens (tertiary/aromatic N) is 2. The smallest absolute Gasteiger partial charge is 0.260 e. The summed E-state index contributed by atoms with van der Waals surface area (Å²) in [7, 11) is 0. The van der Waals surface area contributed by atoms with E-state index in [0.717, 1.165) is 10.4 Å². The predicted molar refractivity (Wildman–Crippen MR) is 85.5 cm³/mol. The molecule has 2 heterocycles. The third kappa shape index (κ3) is 2.83. The molecule has 0 fully saturated rings. The zero-order chi connectivity index (χ0) is 15.0. The largest absolute Gasteiger partial charge is 0.390 e. The summed E-state index contributed by atoms with van der Waals surface area (Å²) in [5.41, 5.74) is 10.5. The van der Waals surface area contributed by atoms with Crippen molar-refractivity contribution in [2.45, 2.75) is 27.2 Å². The molecule has 0 aliphatic carbocycles. The number of rotatable bonds is 3. The zero-order valence-corrected chi connectivity index (χ0v) is 13.1. The number of hydrogen-bond acceptors (Lipinski definition) is 5. The first-order valence-corrected chi connectivity index (χ1v) is 7.59. The van der Waals surface area contributed by atoms with Gasteiger partial charge in [0.25, 0.3) is 5.89 Å². The van der Waals surface area contributed by atoms with Crippen molar-refractivity contribution in [1.29, 1.82) is 0 Å². The molecule has 3 aromatic rings. The molecule has 4 nitrogen and oxygen atoms in total. The van der Waals surface area contributed by atoms with Crippen molar-refractivity contribution in [3.05, 3.63) is 51.7 Å². The summed E-state index contributed by atoms with van der Waals surface area (Å²) < 4.78 is 5.34. The lowest BCUT2D eigenvalue weighted by molar-refractivity contribution is 0.424. The molecule has 0 bridgehead atoms. The lowest BCUT2D eigenvalue weighted by Gasteiger charge is -2.02. The predicted octanol–water partition coefficient (Wildman–Crippen LogP) is 3.90. The number of anilines is 1. The van der Waals surface area contributed by atoms with Crippen molar-refractivity contribution in [3.8, 4) is 11.5 Å². The molecule has 108 valence electrons. The van der Waals surface area contributed by atoms with Crippen LogP contribution in [0.25, 0.3) is 11.5 Å². The Balaban J connectivity index is 1.85. The van der Waals surface area contributed by atoms with Crippen LogP contribution in [0.15, 0.2) is 28.8 Å². The van der Waals surface area contributed by atoms with E-state index in [1.54, 1.807) is 0 Å². The van der Waals surface area contributed by atoms with Gasteiger partial charge in [0.15, 0.2) is 5.82 Å². The van der Waals surface area contributed by atoms with Crippen LogP contribution in [-0.2, 0) is 6.42 Å². The molecular formula is C16H17N3OS. The maximum Gasteiger partial charge on any atom is 0.260 e. The van der Waals surface area contributed by atoms with Crippen molar-refractivity contribution >= 4 is 16.3 Å². The van der Waals surface area contributed by atoms with Crippen LogP contribution in [0.4, 0.5) is 5.00 Å². The first kappa shape index (κ1) is 13.8. The number of nitrogens with two attached hydrogens (primary N) is 1. The first-order valence-electron chi connectivity index (χ1n) is 6.78. The number of thiophene rings is 1. The molecule has 5 heteroatoms. The van der Waals surface area contributed by atoms with Gasteiger partial charge in [-0.15, -0.1) is 11.3 Å². The van der Waals surface area contributed by atoms with Crippen molar-refractivity contribution in [2.24, 2.45) is 0 Å².